The van der Waals surface area contributed by atoms with Crippen molar-refractivity contribution in [2.45, 2.75) is 17.8 Å². The van der Waals surface area contributed by atoms with Crippen molar-refractivity contribution in [1.82, 2.24) is 15.8 Å². The second-order valence-corrected chi connectivity index (χ2v) is 6.09. The number of nitrogens with two attached hydrogens (primary N) is 1. The van der Waals surface area contributed by atoms with Crippen LogP contribution in [0.25, 0.3) is 0 Å². The van der Waals surface area contributed by atoms with Crippen molar-refractivity contribution in [1.29, 1.82) is 0 Å². The van der Waals surface area contributed by atoms with Gasteiger partial charge in [-0.15, -0.1) is 0 Å². The number of allylic oxidation sites excluding steroid dienone is 1. The minimum atomic E-state index is -4.25. The Morgan fingerprint density at radius 1 is 1.55 bits per heavy atom. The van der Waals surface area contributed by atoms with E-state index in [2.05, 4.69) is 10.9 Å². The summed E-state index contributed by atoms with van der Waals surface area (Å²) in [6, 6.07) is -1.67. The molecular weight excluding hydrogens is 288 g/mol. The van der Waals surface area contributed by atoms with E-state index in [4.69, 9.17) is 10.3 Å². The molecule has 0 saturated carbocycles. The van der Waals surface area contributed by atoms with Gasteiger partial charge in [0.25, 0.3) is 10.1 Å². The van der Waals surface area contributed by atoms with E-state index in [9.17, 15) is 18.0 Å². The molecule has 9 nitrogen and oxygen atoms in total. The molecule has 0 unspecified atom stereocenters. The second kappa shape index (κ2) is 4.89. The van der Waals surface area contributed by atoms with Gasteiger partial charge in [0.15, 0.2) is 11.2 Å². The summed E-state index contributed by atoms with van der Waals surface area (Å²) in [6.45, 7) is 0. The molecule has 0 radical (unpaired) electrons. The lowest BCUT2D eigenvalue weighted by Crippen LogP contribution is -2.49. The van der Waals surface area contributed by atoms with Crippen molar-refractivity contribution in [3.63, 3.8) is 0 Å². The van der Waals surface area contributed by atoms with Crippen LogP contribution in [-0.2, 0) is 14.9 Å². The Hall–Kier alpha value is -1.91. The molecule has 0 spiro atoms. The van der Waals surface area contributed by atoms with Crippen molar-refractivity contribution in [2.75, 3.05) is 7.05 Å². The number of carbonyl (C=O) groups is 2. The molecule has 2 aliphatic rings. The zero-order valence-electron chi connectivity index (χ0n) is 10.5. The van der Waals surface area contributed by atoms with E-state index >= 15 is 0 Å². The fourth-order valence-corrected chi connectivity index (χ4v) is 3.14. The number of primary amides is 1. The first-order chi connectivity index (χ1) is 9.20. The standard InChI is InChI=1S/C10H14N4O5S/c1-14-7-4-8(15)6(12-13-10(11)16)2-5(7)3-9(14)20(17,18)19/h2,4,6,9,12H,3H2,1H3,(H3,11,13,16)(H,17,18,19)/t6-,9+/m0/s1. The lowest BCUT2D eigenvalue weighted by Gasteiger charge is -2.22. The molecule has 1 aliphatic heterocycles. The first kappa shape index (κ1) is 14.5. The molecule has 10 heteroatoms. The van der Waals surface area contributed by atoms with Crippen LogP contribution in [0.5, 0.6) is 0 Å². The topological polar surface area (TPSA) is 142 Å². The monoisotopic (exact) mass is 302 g/mol. The number of nitrogens with zero attached hydrogens (tertiary/aromatic N) is 1. The molecule has 1 saturated heterocycles. The molecule has 20 heavy (non-hydrogen) atoms. The Bertz CT molecular complexity index is 624. The third-order valence-corrected chi connectivity index (χ3v) is 4.35. The highest BCUT2D eigenvalue weighted by atomic mass is 32.2. The van der Waals surface area contributed by atoms with Gasteiger partial charge in [0, 0.05) is 25.2 Å². The van der Waals surface area contributed by atoms with Crippen molar-refractivity contribution >= 4 is 21.9 Å². The summed E-state index contributed by atoms with van der Waals surface area (Å²) in [5.41, 5.74) is 10.4. The predicted molar refractivity (Wildman–Crippen MR) is 68.5 cm³/mol. The fraction of sp³-hybridized carbons (Fsp3) is 0.400. The van der Waals surface area contributed by atoms with Crippen LogP contribution in [0.3, 0.4) is 0 Å². The van der Waals surface area contributed by atoms with Crippen molar-refractivity contribution in [3.8, 4) is 0 Å². The van der Waals surface area contributed by atoms with Gasteiger partial charge in [-0.05, 0) is 5.57 Å². The van der Waals surface area contributed by atoms with Crippen LogP contribution >= 0.6 is 0 Å². The Balaban J connectivity index is 2.24. The summed E-state index contributed by atoms with van der Waals surface area (Å²) in [7, 11) is -2.77. The summed E-state index contributed by atoms with van der Waals surface area (Å²) < 4.78 is 31.6. The Morgan fingerprint density at radius 2 is 2.20 bits per heavy atom. The Morgan fingerprint density at radius 3 is 2.75 bits per heavy atom. The molecule has 0 aromatic heterocycles. The number of amides is 2. The molecule has 0 bridgehead atoms. The maximum atomic E-state index is 11.8. The van der Waals surface area contributed by atoms with E-state index in [1.807, 2.05) is 0 Å². The minimum absolute atomic E-state index is 0.0587. The zero-order valence-corrected chi connectivity index (χ0v) is 11.3. The smallest absolute Gasteiger partial charge is 0.326 e. The van der Waals surface area contributed by atoms with Crippen LogP contribution in [0.4, 0.5) is 4.79 Å². The van der Waals surface area contributed by atoms with Crippen LogP contribution in [-0.4, -0.2) is 48.1 Å². The molecule has 0 aromatic rings. The number of hydrogen-bond acceptors (Lipinski definition) is 6. The molecule has 1 heterocycles. The summed E-state index contributed by atoms with van der Waals surface area (Å²) in [4.78, 5) is 23.8. The van der Waals surface area contributed by atoms with Crippen LogP contribution in [0.1, 0.15) is 6.42 Å². The molecular formula is C10H14N4O5S. The van der Waals surface area contributed by atoms with E-state index in [1.54, 1.807) is 0 Å². The van der Waals surface area contributed by atoms with Gasteiger partial charge in [-0.25, -0.2) is 10.2 Å². The molecule has 2 amide bonds. The second-order valence-electron chi connectivity index (χ2n) is 4.52. The summed E-state index contributed by atoms with van der Waals surface area (Å²) in [5, 5.41) is -1.12. The largest absolute Gasteiger partial charge is 0.356 e. The van der Waals surface area contributed by atoms with Crippen LogP contribution < -0.4 is 16.6 Å². The first-order valence-corrected chi connectivity index (χ1v) is 7.17. The highest BCUT2D eigenvalue weighted by Crippen LogP contribution is 2.35. The van der Waals surface area contributed by atoms with Crippen LogP contribution in [0, 0.1) is 0 Å². The van der Waals surface area contributed by atoms with Crippen molar-refractivity contribution in [2.24, 2.45) is 5.73 Å². The number of hydrogen-bond donors (Lipinski definition) is 4. The van der Waals surface area contributed by atoms with E-state index in [0.29, 0.717) is 11.3 Å². The highest BCUT2D eigenvalue weighted by molar-refractivity contribution is 7.86. The maximum Gasteiger partial charge on any atom is 0.326 e. The van der Waals surface area contributed by atoms with Crippen molar-refractivity contribution < 1.29 is 22.6 Å². The third-order valence-electron chi connectivity index (χ3n) is 3.18. The van der Waals surface area contributed by atoms with E-state index < -0.39 is 27.6 Å². The van der Waals surface area contributed by atoms with Gasteiger partial charge in [0.05, 0.1) is 0 Å². The number of nitrogens with one attached hydrogen (secondary N) is 2. The number of hydrazine groups is 1. The highest BCUT2D eigenvalue weighted by Gasteiger charge is 2.40. The minimum Gasteiger partial charge on any atom is -0.356 e. The number of carbonyl (C=O) groups excluding carboxylic acids is 2. The molecule has 5 N–H and O–H groups in total. The number of urea groups is 1. The quantitative estimate of drug-likeness (QED) is 0.366. The Kier molecular flexibility index (Phi) is 3.54. The summed E-state index contributed by atoms with van der Waals surface area (Å²) in [5.74, 6) is -0.361. The number of likely N-dealkylation sites (N-methyl/N-ethyl adjacent to an activating group) is 1. The molecule has 2 atom stereocenters. The molecule has 1 fully saturated rings. The molecule has 110 valence electrons. The van der Waals surface area contributed by atoms with E-state index in [1.165, 1.54) is 24.1 Å². The normalized spacial score (nSPS) is 25.9. The van der Waals surface area contributed by atoms with E-state index in [0.717, 1.165) is 0 Å². The van der Waals surface area contributed by atoms with Gasteiger partial charge < -0.3 is 10.6 Å². The third kappa shape index (κ3) is 2.66. The lowest BCUT2D eigenvalue weighted by molar-refractivity contribution is -0.115. The van der Waals surface area contributed by atoms with Crippen molar-refractivity contribution in [3.05, 3.63) is 23.4 Å². The van der Waals surface area contributed by atoms with Gasteiger partial charge in [0.2, 0.25) is 0 Å². The number of likely N-dealkylation sites (tertiary alicyclic amines) is 1. The average Bonchev–Trinajstić information content (AvgIpc) is 2.63. The SMILES string of the molecule is CN1C2=CC(=O)[C@@H](NNC(N)=O)C=C2C[C@H]1S(=O)(=O)O. The summed E-state index contributed by atoms with van der Waals surface area (Å²) >= 11 is 0. The van der Waals surface area contributed by atoms with Crippen LogP contribution in [0.2, 0.25) is 0 Å². The van der Waals surface area contributed by atoms with Gasteiger partial charge >= 0.3 is 6.03 Å². The Labute approximate surface area is 115 Å². The van der Waals surface area contributed by atoms with Gasteiger partial charge in [0.1, 0.15) is 6.04 Å². The number of ketones is 1. The first-order valence-electron chi connectivity index (χ1n) is 5.67. The molecule has 0 aromatic carbocycles. The predicted octanol–water partition coefficient (Wildman–Crippen LogP) is -1.53. The van der Waals surface area contributed by atoms with Gasteiger partial charge in [-0.1, -0.05) is 6.08 Å². The number of fused-ring (bicyclic) bond motifs is 1. The maximum absolute atomic E-state index is 11.8. The average molecular weight is 302 g/mol. The molecule has 2 rings (SSSR count). The van der Waals surface area contributed by atoms with Gasteiger partial charge in [-0.2, -0.15) is 8.42 Å². The number of rotatable bonds is 3. The lowest BCUT2D eigenvalue weighted by atomic mass is 9.99. The van der Waals surface area contributed by atoms with E-state index in [-0.39, 0.29) is 12.2 Å². The van der Waals surface area contributed by atoms with Crippen LogP contribution in [0.15, 0.2) is 23.4 Å². The molecule has 1 aliphatic carbocycles. The summed E-state index contributed by atoms with van der Waals surface area (Å²) in [6.07, 6.45) is 2.82. The fourth-order valence-electron chi connectivity index (χ4n) is 2.23. The van der Waals surface area contributed by atoms with Gasteiger partial charge in [-0.3, -0.25) is 14.8 Å². The zero-order chi connectivity index (χ0) is 15.1.